The van der Waals surface area contributed by atoms with E-state index >= 15 is 0 Å². The van der Waals surface area contributed by atoms with E-state index in [9.17, 15) is 0 Å². The number of likely N-dealkylation sites (N-methyl/N-ethyl adjacent to an activating group) is 1. The molecule has 6 nitrogen and oxygen atoms in total. The van der Waals surface area contributed by atoms with Crippen LogP contribution in [-0.2, 0) is 4.74 Å². The second kappa shape index (κ2) is 6.76. The van der Waals surface area contributed by atoms with Crippen molar-refractivity contribution in [3.63, 3.8) is 0 Å². The van der Waals surface area contributed by atoms with E-state index in [1.54, 1.807) is 0 Å². The summed E-state index contributed by atoms with van der Waals surface area (Å²) in [6, 6.07) is 0. The molecule has 1 saturated carbocycles. The van der Waals surface area contributed by atoms with E-state index in [-0.39, 0.29) is 5.96 Å². The first-order valence-corrected chi connectivity index (χ1v) is 7.09. The summed E-state index contributed by atoms with van der Waals surface area (Å²) in [5.74, 6) is 0.0572. The second-order valence-corrected chi connectivity index (χ2v) is 5.46. The van der Waals surface area contributed by atoms with Gasteiger partial charge in [0.05, 0.1) is 18.4 Å². The second-order valence-electron chi connectivity index (χ2n) is 5.46. The van der Waals surface area contributed by atoms with Gasteiger partial charge in [0.1, 0.15) is 0 Å². The third kappa shape index (κ3) is 4.86. The molecule has 0 aromatic heterocycles. The lowest BCUT2D eigenvalue weighted by Crippen LogP contribution is -2.43. The molecule has 112 valence electrons. The Bertz CT molecular complexity index is 402. The molecule has 0 atom stereocenters. The highest BCUT2D eigenvalue weighted by Gasteiger charge is 2.22. The van der Waals surface area contributed by atoms with Crippen molar-refractivity contribution in [3.8, 4) is 0 Å². The summed E-state index contributed by atoms with van der Waals surface area (Å²) in [7, 11) is 2.13. The molecule has 0 aromatic rings. The number of piperazine rings is 1. The van der Waals surface area contributed by atoms with Crippen LogP contribution in [0.2, 0.25) is 0 Å². The first-order chi connectivity index (χ1) is 9.54. The zero-order valence-corrected chi connectivity index (χ0v) is 12.2. The predicted octanol–water partition coefficient (Wildman–Crippen LogP) is 0.0838. The minimum absolute atomic E-state index is 0.0572. The minimum Gasteiger partial charge on any atom is -0.372 e. The molecule has 0 aromatic carbocycles. The molecule has 0 bridgehead atoms. The first kappa shape index (κ1) is 14.9. The maximum atomic E-state index is 5.67. The summed E-state index contributed by atoms with van der Waals surface area (Å²) in [6.45, 7) is 8.60. The maximum Gasteiger partial charge on any atom is 0.190 e. The van der Waals surface area contributed by atoms with Crippen molar-refractivity contribution in [3.05, 3.63) is 24.0 Å². The molecule has 2 aliphatic rings. The summed E-state index contributed by atoms with van der Waals surface area (Å²) in [6.07, 6.45) is 4.57. The average molecular weight is 279 g/mol. The van der Waals surface area contributed by atoms with E-state index in [1.807, 2.05) is 6.08 Å². The van der Waals surface area contributed by atoms with Crippen LogP contribution in [0.1, 0.15) is 12.8 Å². The van der Waals surface area contributed by atoms with E-state index in [4.69, 9.17) is 16.2 Å². The zero-order chi connectivity index (χ0) is 14.5. The van der Waals surface area contributed by atoms with Crippen LogP contribution in [0.4, 0.5) is 0 Å². The van der Waals surface area contributed by atoms with Gasteiger partial charge in [-0.15, -0.1) is 0 Å². The summed E-state index contributed by atoms with van der Waals surface area (Å²) in [5, 5.41) is 0. The Morgan fingerprint density at radius 2 is 1.95 bits per heavy atom. The number of allylic oxidation sites excluding steroid dienone is 1. The molecule has 2 fully saturated rings. The lowest BCUT2D eigenvalue weighted by atomic mass is 10.2. The number of nitrogens with two attached hydrogens (primary N) is 2. The summed E-state index contributed by atoms with van der Waals surface area (Å²) in [4.78, 5) is 8.69. The van der Waals surface area contributed by atoms with Crippen molar-refractivity contribution in [1.82, 2.24) is 9.80 Å². The molecule has 1 aliphatic heterocycles. The monoisotopic (exact) mass is 279 g/mol. The van der Waals surface area contributed by atoms with Crippen LogP contribution in [0.25, 0.3) is 0 Å². The lowest BCUT2D eigenvalue weighted by molar-refractivity contribution is 0.140. The van der Waals surface area contributed by atoms with Crippen molar-refractivity contribution >= 4 is 5.96 Å². The van der Waals surface area contributed by atoms with Crippen LogP contribution in [0.3, 0.4) is 0 Å². The molecule has 1 saturated heterocycles. The Labute approximate surface area is 120 Å². The number of aliphatic imine (C=N–C) groups is 1. The number of ether oxygens (including phenoxy) is 1. The van der Waals surface area contributed by atoms with Crippen LogP contribution in [0, 0.1) is 0 Å². The molecule has 4 N–H and O–H groups in total. The Balaban J connectivity index is 1.94. The highest BCUT2D eigenvalue weighted by atomic mass is 16.5. The van der Waals surface area contributed by atoms with Crippen LogP contribution in [0.15, 0.2) is 29.0 Å². The van der Waals surface area contributed by atoms with Gasteiger partial charge in [0.25, 0.3) is 0 Å². The SMILES string of the molecule is C=C(/C=C(/COC1CC1)N=C(N)N)N1CCN(C)CC1. The first-order valence-electron chi connectivity index (χ1n) is 7.09. The van der Waals surface area contributed by atoms with Gasteiger partial charge in [0.15, 0.2) is 5.96 Å². The van der Waals surface area contributed by atoms with Gasteiger partial charge in [0, 0.05) is 31.9 Å². The van der Waals surface area contributed by atoms with Gasteiger partial charge >= 0.3 is 0 Å². The molecule has 20 heavy (non-hydrogen) atoms. The Morgan fingerprint density at radius 3 is 2.50 bits per heavy atom. The van der Waals surface area contributed by atoms with Crippen LogP contribution in [0.5, 0.6) is 0 Å². The Morgan fingerprint density at radius 1 is 1.30 bits per heavy atom. The van der Waals surface area contributed by atoms with Crippen LogP contribution in [-0.4, -0.2) is 61.7 Å². The molecule has 0 spiro atoms. The van der Waals surface area contributed by atoms with Gasteiger partial charge in [0.2, 0.25) is 0 Å². The predicted molar refractivity (Wildman–Crippen MR) is 81.1 cm³/mol. The van der Waals surface area contributed by atoms with Gasteiger partial charge in [-0.2, -0.15) is 0 Å². The Kier molecular flexibility index (Phi) is 5.03. The van der Waals surface area contributed by atoms with E-state index in [1.165, 1.54) is 0 Å². The number of hydrogen-bond donors (Lipinski definition) is 2. The van der Waals surface area contributed by atoms with Crippen molar-refractivity contribution < 1.29 is 4.74 Å². The fraction of sp³-hybridized carbons (Fsp3) is 0.643. The van der Waals surface area contributed by atoms with Crippen LogP contribution >= 0.6 is 0 Å². The van der Waals surface area contributed by atoms with E-state index in [2.05, 4.69) is 28.4 Å². The molecule has 2 rings (SSSR count). The molecule has 0 radical (unpaired) electrons. The quantitative estimate of drug-likeness (QED) is 0.409. The lowest BCUT2D eigenvalue weighted by Gasteiger charge is -2.34. The number of rotatable bonds is 6. The third-order valence-corrected chi connectivity index (χ3v) is 3.51. The molecule has 1 heterocycles. The molecular weight excluding hydrogens is 254 g/mol. The summed E-state index contributed by atoms with van der Waals surface area (Å²) < 4.78 is 5.67. The molecule has 0 amide bonds. The molecular formula is C14H25N5O. The van der Waals surface area contributed by atoms with Crippen molar-refractivity contribution in [2.45, 2.75) is 18.9 Å². The number of hydrogen-bond acceptors (Lipinski definition) is 4. The largest absolute Gasteiger partial charge is 0.372 e. The van der Waals surface area contributed by atoms with Gasteiger partial charge in [-0.05, 0) is 26.0 Å². The third-order valence-electron chi connectivity index (χ3n) is 3.51. The molecule has 0 unspecified atom stereocenters. The summed E-state index contributed by atoms with van der Waals surface area (Å²) in [5.41, 5.74) is 12.6. The maximum absolute atomic E-state index is 5.67. The van der Waals surface area contributed by atoms with Crippen molar-refractivity contribution in [1.29, 1.82) is 0 Å². The highest BCUT2D eigenvalue weighted by molar-refractivity contribution is 5.76. The minimum atomic E-state index is 0.0572. The number of guanidine groups is 1. The van der Waals surface area contributed by atoms with Crippen molar-refractivity contribution in [2.24, 2.45) is 16.5 Å². The smallest absolute Gasteiger partial charge is 0.190 e. The Hall–Kier alpha value is -1.53. The standard InChI is InChI=1S/C14H25N5O/c1-11(19-7-5-18(2)6-8-19)9-12(17-14(15)16)10-20-13-3-4-13/h9,13H,1,3-8,10H2,2H3,(H4,15,16,17)/b12-9-. The van der Waals surface area contributed by atoms with Gasteiger partial charge < -0.3 is 26.0 Å². The fourth-order valence-corrected chi connectivity index (χ4v) is 2.09. The van der Waals surface area contributed by atoms with Crippen molar-refractivity contribution in [2.75, 3.05) is 39.8 Å². The van der Waals surface area contributed by atoms with Gasteiger partial charge in [-0.3, -0.25) is 0 Å². The highest BCUT2D eigenvalue weighted by Crippen LogP contribution is 2.24. The average Bonchev–Trinajstić information content (AvgIpc) is 3.20. The van der Waals surface area contributed by atoms with E-state index in [0.717, 1.165) is 50.4 Å². The van der Waals surface area contributed by atoms with Gasteiger partial charge in [-0.25, -0.2) is 4.99 Å². The van der Waals surface area contributed by atoms with E-state index < -0.39 is 0 Å². The molecule has 1 aliphatic carbocycles. The summed E-state index contributed by atoms with van der Waals surface area (Å²) >= 11 is 0. The zero-order valence-electron chi connectivity index (χ0n) is 12.2. The molecule has 6 heteroatoms. The van der Waals surface area contributed by atoms with Crippen LogP contribution < -0.4 is 11.5 Å². The van der Waals surface area contributed by atoms with Gasteiger partial charge in [-0.1, -0.05) is 6.58 Å². The number of nitrogens with zero attached hydrogens (tertiary/aromatic N) is 3. The van der Waals surface area contributed by atoms with E-state index in [0.29, 0.717) is 12.7 Å². The normalized spacial score (nSPS) is 20.9. The topological polar surface area (TPSA) is 80.1 Å². The fourth-order valence-electron chi connectivity index (χ4n) is 2.09.